The molecule has 0 atom stereocenters. The van der Waals surface area contributed by atoms with Gasteiger partial charge in [-0.05, 0) is 18.4 Å². The zero-order chi connectivity index (χ0) is 10.7. The first kappa shape index (κ1) is 9.98. The maximum atomic E-state index is 11.5. The fourth-order valence-electron chi connectivity index (χ4n) is 1.62. The summed E-state index contributed by atoms with van der Waals surface area (Å²) in [6.45, 7) is 0.633. The smallest absolute Gasteiger partial charge is 0.316 e. The zero-order valence-electron chi connectivity index (χ0n) is 8.52. The Bertz CT molecular complexity index is 335. The van der Waals surface area contributed by atoms with E-state index in [4.69, 9.17) is 5.84 Å². The number of hydrogen-bond donors (Lipinski definition) is 2. The molecule has 1 saturated carbocycles. The zero-order valence-corrected chi connectivity index (χ0v) is 8.52. The molecule has 4 heteroatoms. The maximum absolute atomic E-state index is 11.5. The van der Waals surface area contributed by atoms with E-state index in [9.17, 15) is 4.79 Å². The number of nitrogens with two attached hydrogens (primary N) is 1. The van der Waals surface area contributed by atoms with Crippen LogP contribution in [-0.2, 0) is 6.54 Å². The summed E-state index contributed by atoms with van der Waals surface area (Å²) in [5, 5.41) is 0. The summed E-state index contributed by atoms with van der Waals surface area (Å²) in [7, 11) is 0. The lowest BCUT2D eigenvalue weighted by atomic mass is 10.2. The second-order valence-corrected chi connectivity index (χ2v) is 3.79. The van der Waals surface area contributed by atoms with Gasteiger partial charge in [-0.3, -0.25) is 5.43 Å². The summed E-state index contributed by atoms with van der Waals surface area (Å²) in [6.07, 6.45) is 2.17. The van der Waals surface area contributed by atoms with Crippen molar-refractivity contribution < 1.29 is 4.79 Å². The van der Waals surface area contributed by atoms with Gasteiger partial charge in [-0.2, -0.15) is 0 Å². The summed E-state index contributed by atoms with van der Waals surface area (Å²) < 4.78 is 0. The monoisotopic (exact) mass is 205 g/mol. The molecule has 1 aromatic carbocycles. The van der Waals surface area contributed by atoms with Crippen molar-refractivity contribution in [3.8, 4) is 0 Å². The number of carbonyl (C=O) groups is 1. The molecule has 0 saturated heterocycles. The van der Waals surface area contributed by atoms with Crippen LogP contribution in [0.25, 0.3) is 0 Å². The fraction of sp³-hybridized carbons (Fsp3) is 0.364. The molecule has 0 aromatic heterocycles. The second kappa shape index (κ2) is 4.31. The van der Waals surface area contributed by atoms with Crippen LogP contribution in [0.4, 0.5) is 4.79 Å². The highest BCUT2D eigenvalue weighted by molar-refractivity contribution is 5.74. The van der Waals surface area contributed by atoms with E-state index in [2.05, 4.69) is 5.43 Å². The number of urea groups is 1. The van der Waals surface area contributed by atoms with Gasteiger partial charge in [0.25, 0.3) is 0 Å². The van der Waals surface area contributed by atoms with Crippen LogP contribution in [0.15, 0.2) is 30.3 Å². The minimum atomic E-state index is -0.193. The molecule has 3 N–H and O–H groups in total. The van der Waals surface area contributed by atoms with Crippen LogP contribution >= 0.6 is 0 Å². The van der Waals surface area contributed by atoms with Crippen LogP contribution in [-0.4, -0.2) is 17.0 Å². The topological polar surface area (TPSA) is 58.4 Å². The van der Waals surface area contributed by atoms with E-state index in [1.165, 1.54) is 0 Å². The minimum absolute atomic E-state index is 0.193. The highest BCUT2D eigenvalue weighted by Gasteiger charge is 2.32. The predicted octanol–water partition coefficient (Wildman–Crippen LogP) is 1.23. The lowest BCUT2D eigenvalue weighted by molar-refractivity contribution is 0.192. The van der Waals surface area contributed by atoms with Crippen molar-refractivity contribution in [2.24, 2.45) is 5.84 Å². The SMILES string of the molecule is NNC(=O)N(Cc1ccccc1)C1CC1. The first-order valence-electron chi connectivity index (χ1n) is 5.12. The van der Waals surface area contributed by atoms with E-state index in [1.807, 2.05) is 30.3 Å². The van der Waals surface area contributed by atoms with E-state index >= 15 is 0 Å². The van der Waals surface area contributed by atoms with Gasteiger partial charge in [0.2, 0.25) is 0 Å². The van der Waals surface area contributed by atoms with E-state index in [0.717, 1.165) is 18.4 Å². The van der Waals surface area contributed by atoms with Gasteiger partial charge in [0.05, 0.1) is 0 Å². The van der Waals surface area contributed by atoms with E-state index < -0.39 is 0 Å². The van der Waals surface area contributed by atoms with Gasteiger partial charge >= 0.3 is 6.03 Å². The summed E-state index contributed by atoms with van der Waals surface area (Å²) in [6, 6.07) is 10.1. The Labute approximate surface area is 89.0 Å². The number of amides is 2. The molecule has 1 aliphatic rings. The molecule has 2 amide bonds. The van der Waals surface area contributed by atoms with Crippen LogP contribution < -0.4 is 11.3 Å². The average Bonchev–Trinajstić information content (AvgIpc) is 3.10. The van der Waals surface area contributed by atoms with Gasteiger partial charge in [-0.15, -0.1) is 0 Å². The molecule has 0 heterocycles. The molecule has 0 spiro atoms. The summed E-state index contributed by atoms with van der Waals surface area (Å²) in [5.41, 5.74) is 3.33. The Morgan fingerprint density at radius 1 is 1.40 bits per heavy atom. The second-order valence-electron chi connectivity index (χ2n) is 3.79. The van der Waals surface area contributed by atoms with Crippen molar-refractivity contribution in [1.82, 2.24) is 10.3 Å². The van der Waals surface area contributed by atoms with Gasteiger partial charge < -0.3 is 4.90 Å². The van der Waals surface area contributed by atoms with Crippen LogP contribution in [0.5, 0.6) is 0 Å². The summed E-state index contributed by atoms with van der Waals surface area (Å²) in [4.78, 5) is 13.3. The first-order valence-corrected chi connectivity index (χ1v) is 5.12. The third-order valence-electron chi connectivity index (χ3n) is 2.57. The Hall–Kier alpha value is -1.55. The Morgan fingerprint density at radius 3 is 2.60 bits per heavy atom. The molecular weight excluding hydrogens is 190 g/mol. The molecule has 1 fully saturated rings. The Kier molecular flexibility index (Phi) is 2.87. The van der Waals surface area contributed by atoms with Crippen molar-refractivity contribution in [1.29, 1.82) is 0 Å². The highest BCUT2D eigenvalue weighted by Crippen LogP contribution is 2.28. The van der Waals surface area contributed by atoms with Crippen molar-refractivity contribution in [2.75, 3.05) is 0 Å². The third-order valence-corrected chi connectivity index (χ3v) is 2.57. The predicted molar refractivity (Wildman–Crippen MR) is 57.7 cm³/mol. The van der Waals surface area contributed by atoms with E-state index in [0.29, 0.717) is 12.6 Å². The number of rotatable bonds is 3. The highest BCUT2D eigenvalue weighted by atomic mass is 16.2. The molecule has 4 nitrogen and oxygen atoms in total. The van der Waals surface area contributed by atoms with Gasteiger partial charge in [-0.1, -0.05) is 30.3 Å². The minimum Gasteiger partial charge on any atom is -0.316 e. The molecule has 1 aliphatic carbocycles. The molecule has 0 aliphatic heterocycles. The molecule has 2 rings (SSSR count). The van der Waals surface area contributed by atoms with E-state index in [1.54, 1.807) is 4.90 Å². The Morgan fingerprint density at radius 2 is 2.07 bits per heavy atom. The lowest BCUT2D eigenvalue weighted by Gasteiger charge is -2.21. The molecular formula is C11H15N3O. The van der Waals surface area contributed by atoms with Crippen molar-refractivity contribution >= 4 is 6.03 Å². The van der Waals surface area contributed by atoms with Crippen LogP contribution in [0.2, 0.25) is 0 Å². The quantitative estimate of drug-likeness (QED) is 0.443. The fourth-order valence-corrected chi connectivity index (χ4v) is 1.62. The number of hydrazine groups is 1. The van der Waals surface area contributed by atoms with Gasteiger partial charge in [0.15, 0.2) is 0 Å². The number of nitrogens with one attached hydrogen (secondary N) is 1. The molecule has 0 unspecified atom stereocenters. The van der Waals surface area contributed by atoms with Crippen LogP contribution in [0.1, 0.15) is 18.4 Å². The molecule has 80 valence electrons. The normalized spacial score (nSPS) is 14.7. The average molecular weight is 205 g/mol. The summed E-state index contributed by atoms with van der Waals surface area (Å²) in [5.74, 6) is 5.15. The van der Waals surface area contributed by atoms with Crippen LogP contribution in [0.3, 0.4) is 0 Å². The molecule has 1 aromatic rings. The summed E-state index contributed by atoms with van der Waals surface area (Å²) >= 11 is 0. The number of carbonyl (C=O) groups excluding carboxylic acids is 1. The number of benzene rings is 1. The van der Waals surface area contributed by atoms with Crippen molar-refractivity contribution in [2.45, 2.75) is 25.4 Å². The van der Waals surface area contributed by atoms with E-state index in [-0.39, 0.29) is 6.03 Å². The van der Waals surface area contributed by atoms with Gasteiger partial charge in [0, 0.05) is 12.6 Å². The number of nitrogens with zero attached hydrogens (tertiary/aromatic N) is 1. The van der Waals surface area contributed by atoms with Crippen molar-refractivity contribution in [3.63, 3.8) is 0 Å². The lowest BCUT2D eigenvalue weighted by Crippen LogP contribution is -2.44. The first-order chi connectivity index (χ1) is 7.31. The standard InChI is InChI=1S/C11H15N3O/c12-13-11(15)14(10-6-7-10)8-9-4-2-1-3-5-9/h1-5,10H,6-8,12H2,(H,13,15). The van der Waals surface area contributed by atoms with Crippen molar-refractivity contribution in [3.05, 3.63) is 35.9 Å². The van der Waals surface area contributed by atoms with Gasteiger partial charge in [-0.25, -0.2) is 10.6 Å². The Balaban J connectivity index is 2.04. The third kappa shape index (κ3) is 2.47. The largest absolute Gasteiger partial charge is 0.332 e. The molecule has 0 bridgehead atoms. The number of hydrogen-bond acceptors (Lipinski definition) is 2. The van der Waals surface area contributed by atoms with Gasteiger partial charge in [0.1, 0.15) is 0 Å². The molecule has 0 radical (unpaired) electrons. The maximum Gasteiger partial charge on any atom is 0.332 e. The molecule has 15 heavy (non-hydrogen) atoms. The van der Waals surface area contributed by atoms with Crippen LogP contribution in [0, 0.1) is 0 Å².